The van der Waals surface area contributed by atoms with E-state index in [2.05, 4.69) is 20.7 Å². The third-order valence-corrected chi connectivity index (χ3v) is 3.19. The Morgan fingerprint density at radius 2 is 2.06 bits per heavy atom. The van der Waals surface area contributed by atoms with Gasteiger partial charge in [0.25, 0.3) is 0 Å². The average Bonchev–Trinajstić information content (AvgIpc) is 2.27. The van der Waals surface area contributed by atoms with E-state index in [0.717, 1.165) is 0 Å². The highest BCUT2D eigenvalue weighted by atomic mass is 79.9. The SMILES string of the molecule is COc1ccc(OC(F)F)cc1C(Br)C(C)=O. The molecule has 1 aromatic rings. The van der Waals surface area contributed by atoms with Crippen molar-refractivity contribution in [1.82, 2.24) is 0 Å². The number of benzene rings is 1. The summed E-state index contributed by atoms with van der Waals surface area (Å²) in [6.45, 7) is -1.51. The van der Waals surface area contributed by atoms with Crippen LogP contribution in [0.15, 0.2) is 18.2 Å². The summed E-state index contributed by atoms with van der Waals surface area (Å²) < 4.78 is 33.4. The highest BCUT2D eigenvalue weighted by molar-refractivity contribution is 9.09. The van der Waals surface area contributed by atoms with Crippen LogP contribution in [0, 0.1) is 0 Å². The first kappa shape index (κ1) is 13.9. The lowest BCUT2D eigenvalue weighted by atomic mass is 10.1. The normalized spacial score (nSPS) is 12.4. The molecule has 0 N–H and O–H groups in total. The smallest absolute Gasteiger partial charge is 0.387 e. The molecule has 1 unspecified atom stereocenters. The Labute approximate surface area is 106 Å². The summed E-state index contributed by atoms with van der Waals surface area (Å²) in [6.07, 6.45) is 0. The Morgan fingerprint density at radius 1 is 1.41 bits per heavy atom. The third kappa shape index (κ3) is 3.66. The van der Waals surface area contributed by atoms with Crippen molar-refractivity contribution in [3.63, 3.8) is 0 Å². The first-order valence-corrected chi connectivity index (χ1v) is 5.64. The lowest BCUT2D eigenvalue weighted by Crippen LogP contribution is -2.06. The molecule has 0 aliphatic heterocycles. The molecule has 0 spiro atoms. The number of Topliss-reactive ketones (excluding diaryl/α,β-unsaturated/α-hetero) is 1. The van der Waals surface area contributed by atoms with Gasteiger partial charge in [0.1, 0.15) is 22.1 Å². The number of halogens is 3. The van der Waals surface area contributed by atoms with Crippen LogP contribution in [0.1, 0.15) is 17.3 Å². The molecular weight excluding hydrogens is 298 g/mol. The van der Waals surface area contributed by atoms with Gasteiger partial charge in [0, 0.05) is 5.56 Å². The number of ketones is 1. The molecule has 0 radical (unpaired) electrons. The van der Waals surface area contributed by atoms with Crippen LogP contribution >= 0.6 is 15.9 Å². The van der Waals surface area contributed by atoms with E-state index in [1.165, 1.54) is 32.2 Å². The Bertz CT molecular complexity index is 410. The van der Waals surface area contributed by atoms with Gasteiger partial charge >= 0.3 is 6.61 Å². The summed E-state index contributed by atoms with van der Waals surface area (Å²) in [5.74, 6) is 0.266. The second-order valence-corrected chi connectivity index (χ2v) is 4.17. The van der Waals surface area contributed by atoms with Gasteiger partial charge in [-0.2, -0.15) is 8.78 Å². The molecule has 0 bridgehead atoms. The quantitative estimate of drug-likeness (QED) is 0.783. The zero-order chi connectivity index (χ0) is 13.0. The average molecular weight is 309 g/mol. The van der Waals surface area contributed by atoms with Crippen molar-refractivity contribution < 1.29 is 23.0 Å². The molecule has 0 heterocycles. The van der Waals surface area contributed by atoms with Crippen LogP contribution in [-0.4, -0.2) is 19.5 Å². The van der Waals surface area contributed by atoms with Crippen LogP contribution < -0.4 is 9.47 Å². The number of hydrogen-bond acceptors (Lipinski definition) is 3. The Morgan fingerprint density at radius 3 is 2.53 bits per heavy atom. The first-order valence-electron chi connectivity index (χ1n) is 4.73. The molecule has 1 rings (SSSR count). The van der Waals surface area contributed by atoms with Crippen molar-refractivity contribution >= 4 is 21.7 Å². The number of rotatable bonds is 5. The van der Waals surface area contributed by atoms with E-state index in [9.17, 15) is 13.6 Å². The summed E-state index contributed by atoms with van der Waals surface area (Å²) in [6, 6.07) is 4.18. The molecule has 1 aromatic carbocycles. The van der Waals surface area contributed by atoms with Crippen LogP contribution in [0.2, 0.25) is 0 Å². The molecule has 1 atom stereocenters. The van der Waals surface area contributed by atoms with E-state index >= 15 is 0 Å². The van der Waals surface area contributed by atoms with Crippen molar-refractivity contribution in [2.45, 2.75) is 18.4 Å². The Kier molecular flexibility index (Phi) is 4.86. The molecule has 0 aliphatic carbocycles. The summed E-state index contributed by atoms with van der Waals surface area (Å²) in [5, 5.41) is 0. The molecule has 0 aliphatic rings. The Balaban J connectivity index is 3.10. The molecule has 0 saturated carbocycles. The van der Waals surface area contributed by atoms with Gasteiger partial charge in [-0.25, -0.2) is 0 Å². The summed E-state index contributed by atoms with van der Waals surface area (Å²) in [5.41, 5.74) is 0.457. The van der Waals surface area contributed by atoms with Gasteiger partial charge in [-0.1, -0.05) is 15.9 Å². The van der Waals surface area contributed by atoms with E-state index in [-0.39, 0.29) is 11.5 Å². The maximum Gasteiger partial charge on any atom is 0.387 e. The fraction of sp³-hybridized carbons (Fsp3) is 0.364. The molecule has 0 aromatic heterocycles. The van der Waals surface area contributed by atoms with Crippen molar-refractivity contribution in [2.75, 3.05) is 7.11 Å². The molecule has 6 heteroatoms. The number of ether oxygens (including phenoxy) is 2. The third-order valence-electron chi connectivity index (χ3n) is 2.06. The molecule has 17 heavy (non-hydrogen) atoms. The summed E-state index contributed by atoms with van der Waals surface area (Å²) in [7, 11) is 1.44. The maximum absolute atomic E-state index is 12.1. The number of alkyl halides is 3. The van der Waals surface area contributed by atoms with Gasteiger partial charge in [0.05, 0.1) is 7.11 Å². The Hall–Kier alpha value is -1.17. The van der Waals surface area contributed by atoms with E-state index in [0.29, 0.717) is 11.3 Å². The van der Waals surface area contributed by atoms with Gasteiger partial charge in [-0.05, 0) is 25.1 Å². The molecule has 0 saturated heterocycles. The minimum Gasteiger partial charge on any atom is -0.496 e. The molecule has 3 nitrogen and oxygen atoms in total. The second kappa shape index (κ2) is 5.95. The molecule has 0 fully saturated rings. The van der Waals surface area contributed by atoms with Crippen LogP contribution in [0.25, 0.3) is 0 Å². The van der Waals surface area contributed by atoms with Crippen LogP contribution in [0.3, 0.4) is 0 Å². The van der Waals surface area contributed by atoms with Crippen LogP contribution in [0.4, 0.5) is 8.78 Å². The van der Waals surface area contributed by atoms with Gasteiger partial charge in [0.2, 0.25) is 0 Å². The number of carbonyl (C=O) groups is 1. The summed E-state index contributed by atoms with van der Waals surface area (Å²) >= 11 is 3.17. The first-order chi connectivity index (χ1) is 7.95. The van der Waals surface area contributed by atoms with Crippen LogP contribution in [0.5, 0.6) is 11.5 Å². The van der Waals surface area contributed by atoms with Crippen molar-refractivity contribution in [2.24, 2.45) is 0 Å². The molecule has 0 amide bonds. The fourth-order valence-corrected chi connectivity index (χ4v) is 1.66. The van der Waals surface area contributed by atoms with E-state index in [1.807, 2.05) is 0 Å². The van der Waals surface area contributed by atoms with Gasteiger partial charge in [0.15, 0.2) is 0 Å². The monoisotopic (exact) mass is 308 g/mol. The zero-order valence-corrected chi connectivity index (χ0v) is 10.8. The second-order valence-electron chi connectivity index (χ2n) is 3.26. The maximum atomic E-state index is 12.1. The lowest BCUT2D eigenvalue weighted by molar-refractivity contribution is -0.116. The lowest BCUT2D eigenvalue weighted by Gasteiger charge is -2.14. The van der Waals surface area contributed by atoms with Gasteiger partial charge in [-0.15, -0.1) is 0 Å². The predicted molar refractivity (Wildman–Crippen MR) is 62.0 cm³/mol. The minimum absolute atomic E-state index is 0.0125. The van der Waals surface area contributed by atoms with E-state index in [1.54, 1.807) is 0 Å². The molecular formula is C11H11BrF2O3. The highest BCUT2D eigenvalue weighted by Crippen LogP contribution is 2.35. The standard InChI is InChI=1S/C11H11BrF2O3/c1-6(15)10(12)8-5-7(17-11(13)14)3-4-9(8)16-2/h3-5,10-11H,1-2H3. The predicted octanol–water partition coefficient (Wildman–Crippen LogP) is 3.32. The zero-order valence-electron chi connectivity index (χ0n) is 9.25. The van der Waals surface area contributed by atoms with E-state index in [4.69, 9.17) is 4.74 Å². The number of carbonyl (C=O) groups excluding carboxylic acids is 1. The van der Waals surface area contributed by atoms with Crippen molar-refractivity contribution in [3.05, 3.63) is 23.8 Å². The summed E-state index contributed by atoms with van der Waals surface area (Å²) in [4.78, 5) is 10.6. The van der Waals surface area contributed by atoms with Gasteiger partial charge < -0.3 is 9.47 Å². The largest absolute Gasteiger partial charge is 0.496 e. The highest BCUT2D eigenvalue weighted by Gasteiger charge is 2.19. The van der Waals surface area contributed by atoms with Gasteiger partial charge in [-0.3, -0.25) is 4.79 Å². The van der Waals surface area contributed by atoms with Crippen molar-refractivity contribution in [1.29, 1.82) is 0 Å². The minimum atomic E-state index is -2.90. The van der Waals surface area contributed by atoms with Crippen molar-refractivity contribution in [3.8, 4) is 11.5 Å². The number of methoxy groups -OCH3 is 1. The van der Waals surface area contributed by atoms with Crippen LogP contribution in [-0.2, 0) is 4.79 Å². The molecule has 94 valence electrons. The fourth-order valence-electron chi connectivity index (χ4n) is 1.31. The number of hydrogen-bond donors (Lipinski definition) is 0. The topological polar surface area (TPSA) is 35.5 Å². The van der Waals surface area contributed by atoms with E-state index < -0.39 is 11.4 Å².